The summed E-state index contributed by atoms with van der Waals surface area (Å²) in [5.41, 5.74) is 5.22. The van der Waals surface area contributed by atoms with Gasteiger partial charge in [0.25, 0.3) is 21.9 Å². The van der Waals surface area contributed by atoms with E-state index in [1.807, 2.05) is 38.3 Å². The van der Waals surface area contributed by atoms with E-state index in [0.29, 0.717) is 65.9 Å². The first-order chi connectivity index (χ1) is 27.0. The largest absolute Gasteiger partial charge is 0.456 e. The lowest BCUT2D eigenvalue weighted by Gasteiger charge is -2.43. The van der Waals surface area contributed by atoms with Crippen LogP contribution in [0.1, 0.15) is 116 Å². The van der Waals surface area contributed by atoms with Gasteiger partial charge in [-0.05, 0) is 76.3 Å². The Bertz CT molecular complexity index is 2480. The van der Waals surface area contributed by atoms with E-state index in [2.05, 4.69) is 66.9 Å². The molecule has 57 heavy (non-hydrogen) atoms. The van der Waals surface area contributed by atoms with Crippen LogP contribution in [0.3, 0.4) is 0 Å². The first-order valence-corrected chi connectivity index (χ1v) is 21.5. The first-order valence-electron chi connectivity index (χ1n) is 19.9. The van der Waals surface area contributed by atoms with Crippen molar-refractivity contribution in [3.63, 3.8) is 0 Å². The van der Waals surface area contributed by atoms with Crippen LogP contribution in [0.15, 0.2) is 48.8 Å². The third-order valence-electron chi connectivity index (χ3n) is 11.4. The number of imide groups is 1. The molecule has 4 aliphatic heterocycles. The summed E-state index contributed by atoms with van der Waals surface area (Å²) in [6, 6.07) is 8.31. The molecule has 0 unspecified atom stereocenters. The Labute approximate surface area is 333 Å². The van der Waals surface area contributed by atoms with Crippen LogP contribution in [-0.4, -0.2) is 75.3 Å². The van der Waals surface area contributed by atoms with Crippen molar-refractivity contribution in [2.75, 3.05) is 23.7 Å². The number of unbranched alkanes of at least 4 members (excludes halogenated alkanes) is 2. The molecule has 1 fully saturated rings. The minimum atomic E-state index is -4.36. The predicted molar refractivity (Wildman–Crippen MR) is 217 cm³/mol. The minimum Gasteiger partial charge on any atom is -0.456 e. The number of fused-ring (bicyclic) bond motifs is 4. The molecule has 302 valence electrons. The molecular formula is C43H52N5O8S+. The second-order valence-electron chi connectivity index (χ2n) is 16.2. The van der Waals surface area contributed by atoms with Gasteiger partial charge in [0.1, 0.15) is 29.6 Å². The van der Waals surface area contributed by atoms with Gasteiger partial charge in [0.05, 0.1) is 11.6 Å². The number of aryl methyl sites for hydroxylation is 1. The maximum absolute atomic E-state index is 12.4. The number of anilines is 1. The Hall–Kier alpha value is -5.08. The highest BCUT2D eigenvalue weighted by Crippen LogP contribution is 2.46. The van der Waals surface area contributed by atoms with Crippen LogP contribution >= 0.6 is 0 Å². The van der Waals surface area contributed by atoms with Gasteiger partial charge in [-0.1, -0.05) is 19.4 Å². The number of hydroxylamine groups is 2. The van der Waals surface area contributed by atoms with Gasteiger partial charge in [-0.15, -0.1) is 5.06 Å². The van der Waals surface area contributed by atoms with Gasteiger partial charge in [0.2, 0.25) is 5.36 Å². The van der Waals surface area contributed by atoms with Crippen molar-refractivity contribution in [3.8, 4) is 11.5 Å². The Balaban J connectivity index is 1.33. The minimum absolute atomic E-state index is 0.0496. The van der Waals surface area contributed by atoms with Crippen LogP contribution in [0.5, 0.6) is 11.5 Å². The lowest BCUT2D eigenvalue weighted by Crippen LogP contribution is -2.49. The Morgan fingerprint density at radius 2 is 1.67 bits per heavy atom. The Morgan fingerprint density at radius 3 is 2.33 bits per heavy atom. The van der Waals surface area contributed by atoms with E-state index in [1.54, 1.807) is 6.20 Å². The van der Waals surface area contributed by atoms with Gasteiger partial charge >= 0.3 is 5.97 Å². The highest BCUT2D eigenvalue weighted by atomic mass is 32.2. The molecule has 1 aromatic heterocycles. The molecule has 1 saturated heterocycles. The van der Waals surface area contributed by atoms with Crippen LogP contribution in [0.4, 0.5) is 5.69 Å². The number of amides is 2. The smallest absolute Gasteiger partial charge is 0.333 e. The molecule has 14 heteroatoms. The molecule has 0 aliphatic carbocycles. The van der Waals surface area contributed by atoms with Gasteiger partial charge in [-0.2, -0.15) is 8.42 Å². The lowest BCUT2D eigenvalue weighted by molar-refractivity contribution is -0.197. The van der Waals surface area contributed by atoms with Crippen LogP contribution in [0.2, 0.25) is 0 Å². The normalized spacial score (nSPS) is 18.0. The maximum atomic E-state index is 12.4. The Morgan fingerprint density at radius 1 is 0.930 bits per heavy atom. The molecule has 0 bridgehead atoms. The van der Waals surface area contributed by atoms with Gasteiger partial charge in [0.15, 0.2) is 5.54 Å². The van der Waals surface area contributed by atoms with Crippen molar-refractivity contribution in [1.29, 1.82) is 0 Å². The van der Waals surface area contributed by atoms with Crippen molar-refractivity contribution in [2.45, 2.75) is 111 Å². The standard InChI is InChI=1S/C43H51N5O8S/c1-8-27-24-42(4,5)46(9-2)33-22-35-31(20-29(27)33)40(41-44-17-19-45(41)18-13-11-12-14-39(51)56-48-37(49)15-16-38(48)50)32-21-30-28(26-57(52,53)54)25-43(6,7)47(10-3)34(30)23-36(32)55-35/h17,19-25H,8-16,18,26H2,1-7H3/p+1. The number of imidazole rings is 1. The summed E-state index contributed by atoms with van der Waals surface area (Å²) in [6.07, 6.45) is 10.9. The van der Waals surface area contributed by atoms with Crippen molar-refractivity contribution in [1.82, 2.24) is 19.2 Å². The molecule has 0 radical (unpaired) electrons. The topological polar surface area (TPSA) is 151 Å². The van der Waals surface area contributed by atoms with Crippen LogP contribution < -0.4 is 24.8 Å². The molecule has 13 nitrogen and oxygen atoms in total. The summed E-state index contributed by atoms with van der Waals surface area (Å²) in [4.78, 5) is 48.3. The number of allylic oxidation sites excluding steroid dienone is 1. The fraction of sp³-hybridized carbons (Fsp3) is 0.465. The average Bonchev–Trinajstić information content (AvgIpc) is 3.72. The summed E-state index contributed by atoms with van der Waals surface area (Å²) >= 11 is 0. The van der Waals surface area contributed by atoms with Gasteiger partial charge in [-0.3, -0.25) is 14.1 Å². The van der Waals surface area contributed by atoms with E-state index in [9.17, 15) is 27.4 Å². The third kappa shape index (κ3) is 7.56. The monoisotopic (exact) mass is 798 g/mol. The third-order valence-corrected chi connectivity index (χ3v) is 12.1. The number of rotatable bonds is 13. The maximum Gasteiger partial charge on any atom is 0.333 e. The number of likely N-dealkylation sites (N-methyl/N-ethyl adjacent to an activating group) is 2. The summed E-state index contributed by atoms with van der Waals surface area (Å²) in [6.45, 7) is 16.9. The quantitative estimate of drug-likeness (QED) is 0.0808. The average molecular weight is 799 g/mol. The molecule has 0 saturated carbocycles. The number of benzene rings is 2. The fourth-order valence-corrected chi connectivity index (χ4v) is 9.60. The van der Waals surface area contributed by atoms with Crippen molar-refractivity contribution in [3.05, 3.63) is 81.9 Å². The van der Waals surface area contributed by atoms with Crippen LogP contribution in [0, 0.1) is 0 Å². The number of hydrogen-bond acceptors (Lipinski definition) is 9. The van der Waals surface area contributed by atoms with Crippen LogP contribution in [0.25, 0.3) is 16.7 Å². The highest BCUT2D eigenvalue weighted by Gasteiger charge is 2.38. The fourth-order valence-electron chi connectivity index (χ4n) is 8.96. The molecule has 1 N–H and O–H groups in total. The van der Waals surface area contributed by atoms with Gasteiger partial charge < -0.3 is 19.0 Å². The molecule has 5 heterocycles. The number of nitrogens with zero attached hydrogens (tertiary/aromatic N) is 5. The number of ether oxygens (including phenoxy) is 1. The van der Waals surface area contributed by atoms with Crippen molar-refractivity contribution in [2.24, 2.45) is 0 Å². The zero-order valence-corrected chi connectivity index (χ0v) is 34.7. The molecule has 2 amide bonds. The molecule has 7 rings (SSSR count). The highest BCUT2D eigenvalue weighted by molar-refractivity contribution is 7.86. The van der Waals surface area contributed by atoms with E-state index >= 15 is 0 Å². The molecule has 2 aromatic carbocycles. The second-order valence-corrected chi connectivity index (χ2v) is 17.7. The zero-order valence-electron chi connectivity index (χ0n) is 33.8. The molecule has 0 spiro atoms. The Kier molecular flexibility index (Phi) is 10.6. The van der Waals surface area contributed by atoms with Gasteiger partial charge in [0, 0.05) is 97.8 Å². The van der Waals surface area contributed by atoms with E-state index < -0.39 is 39.2 Å². The molecule has 3 aromatic rings. The molecule has 4 aliphatic rings. The number of aromatic nitrogens is 2. The van der Waals surface area contributed by atoms with Crippen molar-refractivity contribution >= 4 is 50.3 Å². The van der Waals surface area contributed by atoms with E-state index in [4.69, 9.17) is 14.6 Å². The zero-order chi connectivity index (χ0) is 41.0. The summed E-state index contributed by atoms with van der Waals surface area (Å²) in [5.74, 6) is -0.121. The second kappa shape index (κ2) is 15.0. The SMILES string of the molecule is CCC1=CC(C)(C)[N+](CC)=c2cc3c(cc21)=C(c1nccn1CCCCCC(=O)ON1C(=O)CCC1=O)c1cc2c(cc1O3)N(CC)C(C)(C)C=C2CS(=O)(=O)O. The number of hydrogen-bond donors (Lipinski definition) is 1. The van der Waals surface area contributed by atoms with Crippen LogP contribution in [-0.2, 0) is 35.9 Å². The summed E-state index contributed by atoms with van der Waals surface area (Å²) < 4.78 is 46.2. The first kappa shape index (κ1) is 40.1. The predicted octanol–water partition coefficient (Wildman–Crippen LogP) is 5.39. The van der Waals surface area contributed by atoms with E-state index in [0.717, 1.165) is 45.9 Å². The molecular weight excluding hydrogens is 747 g/mol. The number of carbonyl (C=O) groups excluding carboxylic acids is 3. The van der Waals surface area contributed by atoms with Crippen molar-refractivity contribution < 1.29 is 36.9 Å². The van der Waals surface area contributed by atoms with E-state index in [-0.39, 0.29) is 24.8 Å². The summed E-state index contributed by atoms with van der Waals surface area (Å²) in [7, 11) is -4.36. The molecule has 0 atom stereocenters. The summed E-state index contributed by atoms with van der Waals surface area (Å²) in [5, 5.41) is 2.54. The number of carbonyl (C=O) groups is 3. The lowest BCUT2D eigenvalue weighted by atomic mass is 9.85. The van der Waals surface area contributed by atoms with E-state index in [1.165, 1.54) is 5.57 Å². The van der Waals surface area contributed by atoms with Gasteiger partial charge in [-0.25, -0.2) is 14.4 Å².